The Morgan fingerprint density at radius 1 is 1.22 bits per heavy atom. The molecule has 0 aromatic rings. The van der Waals surface area contributed by atoms with Gasteiger partial charge in [0.25, 0.3) is 0 Å². The summed E-state index contributed by atoms with van der Waals surface area (Å²) >= 11 is 2.00. The molecule has 2 unspecified atom stereocenters. The molecule has 52 valence electrons. The molecule has 2 heteroatoms. The number of hydrogen-bond donors (Lipinski definition) is 0. The van der Waals surface area contributed by atoms with Crippen LogP contribution in [0, 0.1) is 0 Å². The first-order valence-corrected chi connectivity index (χ1v) is 4.75. The third-order valence-electron chi connectivity index (χ3n) is 2.21. The van der Waals surface area contributed by atoms with Crippen molar-refractivity contribution < 1.29 is 4.74 Å². The molecule has 2 aliphatic rings. The Morgan fingerprint density at radius 3 is 3.00 bits per heavy atom. The Morgan fingerprint density at radius 2 is 2.11 bits per heavy atom. The Labute approximate surface area is 60.2 Å². The fourth-order valence-corrected chi connectivity index (χ4v) is 2.85. The van der Waals surface area contributed by atoms with Crippen LogP contribution in [0.25, 0.3) is 0 Å². The number of rotatable bonds is 0. The SMILES string of the molecule is C1CCC2SCOC2C1. The average molecular weight is 144 g/mol. The lowest BCUT2D eigenvalue weighted by Gasteiger charge is -2.21. The van der Waals surface area contributed by atoms with E-state index in [1.807, 2.05) is 11.8 Å². The second-order valence-corrected chi connectivity index (χ2v) is 3.99. The molecule has 1 heterocycles. The third kappa shape index (κ3) is 1.10. The Hall–Kier alpha value is 0.310. The largest absolute Gasteiger partial charge is 0.366 e. The van der Waals surface area contributed by atoms with Crippen molar-refractivity contribution in [3.63, 3.8) is 0 Å². The lowest BCUT2D eigenvalue weighted by atomic mass is 9.97. The molecule has 1 saturated carbocycles. The van der Waals surface area contributed by atoms with Crippen molar-refractivity contribution in [2.45, 2.75) is 37.0 Å². The lowest BCUT2D eigenvalue weighted by molar-refractivity contribution is 0.0839. The monoisotopic (exact) mass is 144 g/mol. The molecule has 2 rings (SSSR count). The highest BCUT2D eigenvalue weighted by Gasteiger charge is 2.30. The Kier molecular flexibility index (Phi) is 1.68. The molecular formula is C7H12OS. The van der Waals surface area contributed by atoms with Gasteiger partial charge >= 0.3 is 0 Å². The molecule has 1 aliphatic carbocycles. The van der Waals surface area contributed by atoms with Gasteiger partial charge in [-0.05, 0) is 12.8 Å². The minimum absolute atomic E-state index is 0.628. The molecule has 0 aromatic carbocycles. The predicted molar refractivity (Wildman–Crippen MR) is 39.6 cm³/mol. The predicted octanol–water partition coefficient (Wildman–Crippen LogP) is 2.02. The van der Waals surface area contributed by atoms with Crippen molar-refractivity contribution in [1.82, 2.24) is 0 Å². The lowest BCUT2D eigenvalue weighted by Crippen LogP contribution is -2.23. The summed E-state index contributed by atoms with van der Waals surface area (Å²) in [5, 5.41) is 0.860. The van der Waals surface area contributed by atoms with Gasteiger partial charge in [0.05, 0.1) is 12.0 Å². The maximum Gasteiger partial charge on any atom is 0.0928 e. The van der Waals surface area contributed by atoms with E-state index in [2.05, 4.69) is 0 Å². The molecule has 1 saturated heterocycles. The number of ether oxygens (including phenoxy) is 1. The highest BCUT2D eigenvalue weighted by atomic mass is 32.2. The van der Waals surface area contributed by atoms with Gasteiger partial charge in [0.2, 0.25) is 0 Å². The standard InChI is InChI=1S/C7H12OS/c1-2-4-7-6(3-1)8-5-9-7/h6-7H,1-5H2. The van der Waals surface area contributed by atoms with Crippen LogP contribution in [0.5, 0.6) is 0 Å². The van der Waals surface area contributed by atoms with E-state index in [1.54, 1.807) is 0 Å². The highest BCUT2D eigenvalue weighted by molar-refractivity contribution is 8.00. The smallest absolute Gasteiger partial charge is 0.0928 e. The quantitative estimate of drug-likeness (QED) is 0.514. The molecule has 2 fully saturated rings. The summed E-state index contributed by atoms with van der Waals surface area (Å²) < 4.78 is 5.52. The van der Waals surface area contributed by atoms with Gasteiger partial charge in [-0.25, -0.2) is 0 Å². The maximum absolute atomic E-state index is 5.52. The van der Waals surface area contributed by atoms with E-state index in [0.29, 0.717) is 6.10 Å². The van der Waals surface area contributed by atoms with Crippen LogP contribution in [0.2, 0.25) is 0 Å². The van der Waals surface area contributed by atoms with Gasteiger partial charge in [0.1, 0.15) is 0 Å². The first kappa shape index (κ1) is 6.05. The average Bonchev–Trinajstić information content (AvgIpc) is 2.33. The summed E-state index contributed by atoms with van der Waals surface area (Å²) in [4.78, 5) is 0. The number of thioether (sulfide) groups is 1. The van der Waals surface area contributed by atoms with E-state index < -0.39 is 0 Å². The normalized spacial score (nSPS) is 42.7. The third-order valence-corrected chi connectivity index (χ3v) is 3.45. The minimum atomic E-state index is 0.628. The van der Waals surface area contributed by atoms with Crippen LogP contribution in [0.4, 0.5) is 0 Å². The van der Waals surface area contributed by atoms with E-state index >= 15 is 0 Å². The highest BCUT2D eigenvalue weighted by Crippen LogP contribution is 2.36. The molecule has 0 radical (unpaired) electrons. The van der Waals surface area contributed by atoms with Crippen molar-refractivity contribution in [3.8, 4) is 0 Å². The van der Waals surface area contributed by atoms with Crippen LogP contribution in [0.3, 0.4) is 0 Å². The summed E-state index contributed by atoms with van der Waals surface area (Å²) in [5.41, 5.74) is 0. The van der Waals surface area contributed by atoms with E-state index in [0.717, 1.165) is 11.2 Å². The van der Waals surface area contributed by atoms with E-state index in [9.17, 15) is 0 Å². The summed E-state index contributed by atoms with van der Waals surface area (Å²) in [7, 11) is 0. The zero-order valence-electron chi connectivity index (χ0n) is 5.51. The van der Waals surface area contributed by atoms with Gasteiger partial charge in [-0.3, -0.25) is 0 Å². The van der Waals surface area contributed by atoms with E-state index in [1.165, 1.54) is 25.7 Å². The van der Waals surface area contributed by atoms with E-state index in [-0.39, 0.29) is 0 Å². The minimum Gasteiger partial charge on any atom is -0.366 e. The molecule has 0 N–H and O–H groups in total. The molecule has 2 atom stereocenters. The van der Waals surface area contributed by atoms with Crippen molar-refractivity contribution in [2.75, 3.05) is 5.94 Å². The molecule has 0 aromatic heterocycles. The number of hydrogen-bond acceptors (Lipinski definition) is 2. The fourth-order valence-electron chi connectivity index (χ4n) is 1.66. The van der Waals surface area contributed by atoms with Crippen LogP contribution >= 0.6 is 11.8 Å². The Balaban J connectivity index is 1.97. The van der Waals surface area contributed by atoms with Gasteiger partial charge in [0.15, 0.2) is 0 Å². The van der Waals surface area contributed by atoms with Crippen LogP contribution in [0.1, 0.15) is 25.7 Å². The van der Waals surface area contributed by atoms with Crippen LogP contribution < -0.4 is 0 Å². The Bertz CT molecular complexity index is 93.1. The molecule has 1 aliphatic heterocycles. The summed E-state index contributed by atoms with van der Waals surface area (Å²) in [5.74, 6) is 0.954. The van der Waals surface area contributed by atoms with Gasteiger partial charge in [-0.1, -0.05) is 12.8 Å². The van der Waals surface area contributed by atoms with Crippen molar-refractivity contribution in [1.29, 1.82) is 0 Å². The molecular weight excluding hydrogens is 132 g/mol. The summed E-state index contributed by atoms with van der Waals surface area (Å²) in [6, 6.07) is 0. The molecule has 0 spiro atoms. The zero-order valence-corrected chi connectivity index (χ0v) is 6.32. The van der Waals surface area contributed by atoms with Gasteiger partial charge < -0.3 is 4.74 Å². The van der Waals surface area contributed by atoms with Crippen molar-refractivity contribution in [2.24, 2.45) is 0 Å². The second kappa shape index (κ2) is 2.51. The van der Waals surface area contributed by atoms with E-state index in [4.69, 9.17) is 4.74 Å². The van der Waals surface area contributed by atoms with Gasteiger partial charge in [-0.15, -0.1) is 11.8 Å². The van der Waals surface area contributed by atoms with Crippen molar-refractivity contribution >= 4 is 11.8 Å². The van der Waals surface area contributed by atoms with Crippen molar-refractivity contribution in [3.05, 3.63) is 0 Å². The first-order chi connectivity index (χ1) is 4.47. The van der Waals surface area contributed by atoms with Crippen LogP contribution in [-0.2, 0) is 4.74 Å². The maximum atomic E-state index is 5.52. The molecule has 0 bridgehead atoms. The number of fused-ring (bicyclic) bond motifs is 1. The topological polar surface area (TPSA) is 9.23 Å². The van der Waals surface area contributed by atoms with Gasteiger partial charge in [-0.2, -0.15) is 0 Å². The zero-order chi connectivity index (χ0) is 6.10. The summed E-state index contributed by atoms with van der Waals surface area (Å²) in [6.45, 7) is 0. The summed E-state index contributed by atoms with van der Waals surface area (Å²) in [6.07, 6.45) is 6.16. The van der Waals surface area contributed by atoms with Crippen LogP contribution in [-0.4, -0.2) is 17.3 Å². The first-order valence-electron chi connectivity index (χ1n) is 3.70. The second-order valence-electron chi connectivity index (χ2n) is 2.81. The molecule has 0 amide bonds. The molecule has 9 heavy (non-hydrogen) atoms. The molecule has 1 nitrogen and oxygen atoms in total. The fraction of sp³-hybridized carbons (Fsp3) is 1.00. The van der Waals surface area contributed by atoms with Gasteiger partial charge in [0, 0.05) is 5.25 Å². The van der Waals surface area contributed by atoms with Crippen LogP contribution in [0.15, 0.2) is 0 Å².